The zero-order chi connectivity index (χ0) is 22.8. The monoisotopic (exact) mass is 430 g/mol. The molecule has 4 rings (SSSR count). The first kappa shape index (κ1) is 21.2. The van der Waals surface area contributed by atoms with Crippen LogP contribution in [0, 0.1) is 0 Å². The van der Waals surface area contributed by atoms with Gasteiger partial charge in [-0.15, -0.1) is 0 Å². The largest absolute Gasteiger partial charge is 0.383 e. The summed E-state index contributed by atoms with van der Waals surface area (Å²) < 4.78 is 1.88. The van der Waals surface area contributed by atoms with Gasteiger partial charge in [-0.3, -0.25) is 14.5 Å². The van der Waals surface area contributed by atoms with Gasteiger partial charge in [0.1, 0.15) is 11.6 Å². The van der Waals surface area contributed by atoms with Crippen LogP contribution in [-0.2, 0) is 4.79 Å². The van der Waals surface area contributed by atoms with Crippen molar-refractivity contribution >= 4 is 46.3 Å². The summed E-state index contributed by atoms with van der Waals surface area (Å²) in [6, 6.07) is 4.15. The fourth-order valence-corrected chi connectivity index (χ4v) is 3.56. The van der Waals surface area contributed by atoms with Crippen LogP contribution in [0.5, 0.6) is 0 Å². The summed E-state index contributed by atoms with van der Waals surface area (Å²) in [4.78, 5) is 25.9. The van der Waals surface area contributed by atoms with Gasteiger partial charge in [0.2, 0.25) is 5.91 Å². The van der Waals surface area contributed by atoms with E-state index in [0.29, 0.717) is 24.7 Å². The molecule has 0 aromatic carbocycles. The number of nitrogens with two attached hydrogens (primary N) is 1. The van der Waals surface area contributed by atoms with Crippen molar-refractivity contribution in [3.8, 4) is 0 Å². The highest BCUT2D eigenvalue weighted by Crippen LogP contribution is 2.28. The Bertz CT molecular complexity index is 1250. The van der Waals surface area contributed by atoms with Gasteiger partial charge in [0, 0.05) is 44.0 Å². The van der Waals surface area contributed by atoms with Gasteiger partial charge in [-0.25, -0.2) is 9.97 Å². The summed E-state index contributed by atoms with van der Waals surface area (Å²) >= 11 is 0. The predicted octanol–water partition coefficient (Wildman–Crippen LogP) is 3.56. The van der Waals surface area contributed by atoms with E-state index in [1.54, 1.807) is 30.4 Å². The lowest BCUT2D eigenvalue weighted by Gasteiger charge is -2.38. The molecule has 164 valence electrons. The number of aliphatic imine (C=N–C) groups is 1. The number of allylic oxidation sites excluding steroid dienone is 3. The zero-order valence-electron chi connectivity index (χ0n) is 18.4. The van der Waals surface area contributed by atoms with Crippen LogP contribution in [-0.4, -0.2) is 50.4 Å². The van der Waals surface area contributed by atoms with Crippen molar-refractivity contribution in [1.82, 2.24) is 24.6 Å². The average molecular weight is 431 g/mol. The highest BCUT2D eigenvalue weighted by molar-refractivity contribution is 5.94. The van der Waals surface area contributed by atoms with Gasteiger partial charge in [0.15, 0.2) is 0 Å². The third-order valence-corrected chi connectivity index (χ3v) is 5.71. The molecule has 32 heavy (non-hydrogen) atoms. The molecule has 4 heterocycles. The number of nitrogens with zero attached hydrogens (tertiary/aromatic N) is 6. The van der Waals surface area contributed by atoms with E-state index in [-0.39, 0.29) is 11.9 Å². The minimum atomic E-state index is 0.0916. The smallest absolute Gasteiger partial charge is 0.219 e. The molecule has 9 nitrogen and oxygen atoms in total. The van der Waals surface area contributed by atoms with Gasteiger partial charge in [0.25, 0.3) is 0 Å². The number of carbonyl (C=O) groups is 1. The summed E-state index contributed by atoms with van der Waals surface area (Å²) in [7, 11) is 0. The summed E-state index contributed by atoms with van der Waals surface area (Å²) in [6.07, 6.45) is 8.94. The molecular formula is C23H26N8O. The lowest BCUT2D eigenvalue weighted by molar-refractivity contribution is -0.134. The number of likely N-dealkylation sites (tertiary alicyclic amines) is 1. The lowest BCUT2D eigenvalue weighted by Crippen LogP contribution is -2.49. The molecule has 0 bridgehead atoms. The number of hydrogen-bond acceptors (Lipinski definition) is 7. The number of anilines is 3. The molecule has 0 radical (unpaired) electrons. The second-order valence-corrected chi connectivity index (χ2v) is 7.90. The molecule has 1 amide bonds. The second kappa shape index (κ2) is 8.62. The normalized spacial score (nSPS) is 15.0. The van der Waals surface area contributed by atoms with Gasteiger partial charge >= 0.3 is 0 Å². The van der Waals surface area contributed by atoms with Crippen LogP contribution >= 0.6 is 0 Å². The molecule has 3 aromatic rings. The van der Waals surface area contributed by atoms with Crippen molar-refractivity contribution < 1.29 is 4.79 Å². The van der Waals surface area contributed by atoms with E-state index >= 15 is 0 Å². The molecule has 0 spiro atoms. The van der Waals surface area contributed by atoms with Crippen LogP contribution in [0.2, 0.25) is 0 Å². The van der Waals surface area contributed by atoms with E-state index in [1.165, 1.54) is 0 Å². The topological polar surface area (TPSA) is 114 Å². The van der Waals surface area contributed by atoms with E-state index in [9.17, 15) is 4.79 Å². The van der Waals surface area contributed by atoms with Crippen molar-refractivity contribution in [3.05, 3.63) is 54.3 Å². The molecular weight excluding hydrogens is 404 g/mol. The molecule has 3 N–H and O–H groups in total. The molecule has 3 aromatic heterocycles. The lowest BCUT2D eigenvalue weighted by atomic mass is 10.0. The number of amides is 1. The Morgan fingerprint density at radius 2 is 2.06 bits per heavy atom. The van der Waals surface area contributed by atoms with Crippen LogP contribution in [0.15, 0.2) is 53.6 Å². The van der Waals surface area contributed by atoms with Crippen LogP contribution in [0.3, 0.4) is 0 Å². The number of aromatic nitrogens is 4. The third-order valence-electron chi connectivity index (χ3n) is 5.71. The molecule has 9 heteroatoms. The minimum Gasteiger partial charge on any atom is -0.383 e. The number of pyridine rings is 2. The SMILES string of the molecule is C=N/C=C\C(C)=C(/C)c1cc2cc(Nc3cnn(C4CN(C(C)=O)C4)c3)ncc2c(N)n1. The Morgan fingerprint density at radius 3 is 2.78 bits per heavy atom. The first-order valence-corrected chi connectivity index (χ1v) is 10.3. The highest BCUT2D eigenvalue weighted by Gasteiger charge is 2.30. The number of rotatable bonds is 6. The summed E-state index contributed by atoms with van der Waals surface area (Å²) in [5.41, 5.74) is 9.87. The standard InChI is InChI=1S/C23H26N8O/c1-14(5-6-25-4)15(2)21-7-17-8-22(26-10-20(17)23(24)29-21)28-18-9-27-31(11-18)19-12-30(13-19)16(3)32/h5-11,19H,4,12-13H2,1-3H3,(H2,24,29)(H,26,28)/b6-5-,15-14+. The number of fused-ring (bicyclic) bond motifs is 1. The van der Waals surface area contributed by atoms with Crippen molar-refractivity contribution in [1.29, 1.82) is 0 Å². The minimum absolute atomic E-state index is 0.0916. The Hall–Kier alpha value is -4.01. The van der Waals surface area contributed by atoms with E-state index in [0.717, 1.165) is 33.3 Å². The Balaban J connectivity index is 1.56. The van der Waals surface area contributed by atoms with Gasteiger partial charge in [-0.05, 0) is 55.3 Å². The van der Waals surface area contributed by atoms with E-state index in [1.807, 2.05) is 42.9 Å². The number of nitrogens with one attached hydrogen (secondary N) is 1. The van der Waals surface area contributed by atoms with Crippen LogP contribution in [0.1, 0.15) is 32.5 Å². The number of nitrogen functional groups attached to an aromatic ring is 1. The van der Waals surface area contributed by atoms with Crippen molar-refractivity contribution in [2.45, 2.75) is 26.8 Å². The maximum atomic E-state index is 11.4. The summed E-state index contributed by atoms with van der Waals surface area (Å²) in [5, 5.41) is 9.44. The molecule has 0 saturated carbocycles. The first-order chi connectivity index (χ1) is 15.4. The Labute approximate surface area is 186 Å². The van der Waals surface area contributed by atoms with Gasteiger partial charge in [0.05, 0.1) is 23.6 Å². The second-order valence-electron chi connectivity index (χ2n) is 7.90. The summed E-state index contributed by atoms with van der Waals surface area (Å²) in [6.45, 7) is 10.4. The van der Waals surface area contributed by atoms with Crippen LogP contribution < -0.4 is 11.1 Å². The molecule has 0 atom stereocenters. The Morgan fingerprint density at radius 1 is 1.28 bits per heavy atom. The number of carbonyl (C=O) groups excluding carboxylic acids is 1. The predicted molar refractivity (Wildman–Crippen MR) is 128 cm³/mol. The van der Waals surface area contributed by atoms with Crippen LogP contribution in [0.25, 0.3) is 16.3 Å². The maximum absolute atomic E-state index is 11.4. The van der Waals surface area contributed by atoms with Crippen molar-refractivity contribution in [3.63, 3.8) is 0 Å². The van der Waals surface area contributed by atoms with E-state index in [2.05, 4.69) is 32.1 Å². The first-order valence-electron chi connectivity index (χ1n) is 10.3. The molecule has 1 aliphatic rings. The zero-order valence-corrected chi connectivity index (χ0v) is 18.4. The van der Waals surface area contributed by atoms with Crippen molar-refractivity contribution in [2.24, 2.45) is 4.99 Å². The molecule has 0 aliphatic carbocycles. The summed E-state index contributed by atoms with van der Waals surface area (Å²) in [5.74, 6) is 1.21. The quantitative estimate of drug-likeness (QED) is 0.456. The fraction of sp³-hybridized carbons (Fsp3) is 0.261. The molecule has 1 saturated heterocycles. The van der Waals surface area contributed by atoms with Crippen LogP contribution in [0.4, 0.5) is 17.3 Å². The van der Waals surface area contributed by atoms with E-state index < -0.39 is 0 Å². The van der Waals surface area contributed by atoms with Gasteiger partial charge < -0.3 is 16.0 Å². The maximum Gasteiger partial charge on any atom is 0.219 e. The van der Waals surface area contributed by atoms with Gasteiger partial charge in [-0.1, -0.05) is 0 Å². The highest BCUT2D eigenvalue weighted by atomic mass is 16.2. The van der Waals surface area contributed by atoms with Crippen molar-refractivity contribution in [2.75, 3.05) is 24.1 Å². The molecule has 0 unspecified atom stereocenters. The van der Waals surface area contributed by atoms with E-state index in [4.69, 9.17) is 5.73 Å². The molecule has 1 aliphatic heterocycles. The Kier molecular flexibility index (Phi) is 5.72. The fourth-order valence-electron chi connectivity index (χ4n) is 3.56. The average Bonchev–Trinajstić information content (AvgIpc) is 3.17. The number of hydrogen-bond donors (Lipinski definition) is 2. The molecule has 1 fully saturated rings. The van der Waals surface area contributed by atoms with Gasteiger partial charge in [-0.2, -0.15) is 5.10 Å². The third kappa shape index (κ3) is 4.22.